The number of para-hydroxylation sites is 1. The van der Waals surface area contributed by atoms with E-state index >= 15 is 0 Å². The summed E-state index contributed by atoms with van der Waals surface area (Å²) >= 11 is 0. The van der Waals surface area contributed by atoms with Crippen LogP contribution in [0.15, 0.2) is 48.5 Å². The first-order valence-corrected chi connectivity index (χ1v) is 9.75. The van der Waals surface area contributed by atoms with Crippen LogP contribution in [0.3, 0.4) is 0 Å². The molecule has 2 aromatic rings. The number of ether oxygens (including phenoxy) is 1. The summed E-state index contributed by atoms with van der Waals surface area (Å²) in [5.41, 5.74) is 3.74. The highest BCUT2D eigenvalue weighted by molar-refractivity contribution is 5.73. The average molecular weight is 367 g/mol. The van der Waals surface area contributed by atoms with Crippen LogP contribution in [0.5, 0.6) is 5.75 Å². The monoisotopic (exact) mass is 367 g/mol. The Labute approximate surface area is 161 Å². The van der Waals surface area contributed by atoms with E-state index in [4.69, 9.17) is 4.74 Å². The van der Waals surface area contributed by atoms with E-state index in [-0.39, 0.29) is 6.03 Å². The summed E-state index contributed by atoms with van der Waals surface area (Å²) in [6, 6.07) is 16.6. The molecule has 5 heteroatoms. The Balaban J connectivity index is 1.25. The molecule has 3 rings (SSSR count). The van der Waals surface area contributed by atoms with Crippen molar-refractivity contribution >= 4 is 11.7 Å². The van der Waals surface area contributed by atoms with E-state index in [1.807, 2.05) is 24.3 Å². The first-order chi connectivity index (χ1) is 13.2. The predicted molar refractivity (Wildman–Crippen MR) is 110 cm³/mol. The summed E-state index contributed by atoms with van der Waals surface area (Å²) in [6.45, 7) is 3.10. The van der Waals surface area contributed by atoms with Crippen molar-refractivity contribution in [3.05, 3.63) is 59.7 Å². The molecular weight excluding hydrogens is 338 g/mol. The molecule has 0 saturated carbocycles. The topological polar surface area (TPSA) is 53.6 Å². The van der Waals surface area contributed by atoms with Gasteiger partial charge in [0.1, 0.15) is 5.75 Å². The summed E-state index contributed by atoms with van der Waals surface area (Å²) in [5, 5.41) is 5.87. The van der Waals surface area contributed by atoms with Crippen molar-refractivity contribution in [1.29, 1.82) is 0 Å². The van der Waals surface area contributed by atoms with Crippen LogP contribution in [0.4, 0.5) is 10.5 Å². The standard InChI is InChI=1S/C22H29N3O2/c1-25(20-7-3-2-4-8-20)15-6-5-13-23-22(26)24-14-11-18-9-10-21-19(17-18)12-16-27-21/h2-4,7-10,17H,5-6,11-16H2,1H3,(H2,23,24,26). The number of nitrogens with zero attached hydrogens (tertiary/aromatic N) is 1. The van der Waals surface area contributed by atoms with Crippen LogP contribution < -0.4 is 20.3 Å². The molecule has 0 aromatic heterocycles. The van der Waals surface area contributed by atoms with Crippen LogP contribution in [0.2, 0.25) is 0 Å². The molecule has 27 heavy (non-hydrogen) atoms. The third kappa shape index (κ3) is 5.91. The number of fused-ring (bicyclic) bond motifs is 1. The quantitative estimate of drug-likeness (QED) is 0.668. The van der Waals surface area contributed by atoms with Crippen LogP contribution in [-0.4, -0.2) is 39.3 Å². The molecule has 144 valence electrons. The first-order valence-electron chi connectivity index (χ1n) is 9.75. The molecule has 0 fully saturated rings. The molecule has 0 radical (unpaired) electrons. The van der Waals surface area contributed by atoms with E-state index in [0.29, 0.717) is 13.1 Å². The molecule has 0 bridgehead atoms. The second-order valence-corrected chi connectivity index (χ2v) is 6.94. The molecule has 2 N–H and O–H groups in total. The number of amides is 2. The first kappa shape index (κ1) is 19.1. The van der Waals surface area contributed by atoms with E-state index < -0.39 is 0 Å². The van der Waals surface area contributed by atoms with E-state index in [0.717, 1.165) is 44.6 Å². The molecule has 5 nitrogen and oxygen atoms in total. The average Bonchev–Trinajstić information content (AvgIpc) is 3.16. The van der Waals surface area contributed by atoms with Gasteiger partial charge in [-0.2, -0.15) is 0 Å². The molecule has 0 spiro atoms. The Morgan fingerprint density at radius 2 is 1.89 bits per heavy atom. The summed E-state index contributed by atoms with van der Waals surface area (Å²) in [6.07, 6.45) is 3.83. The molecular formula is C22H29N3O2. The largest absolute Gasteiger partial charge is 0.493 e. The number of carbonyl (C=O) groups is 1. The Hall–Kier alpha value is -2.69. The molecule has 1 aliphatic heterocycles. The number of hydrogen-bond donors (Lipinski definition) is 2. The Bertz CT molecular complexity index is 734. The third-order valence-electron chi connectivity index (χ3n) is 4.86. The van der Waals surface area contributed by atoms with Gasteiger partial charge in [0, 0.05) is 38.8 Å². The zero-order valence-electron chi connectivity index (χ0n) is 16.0. The smallest absolute Gasteiger partial charge is 0.314 e. The predicted octanol–water partition coefficient (Wildman–Crippen LogP) is 3.38. The Morgan fingerprint density at radius 1 is 1.07 bits per heavy atom. The number of urea groups is 1. The molecule has 0 atom stereocenters. The van der Waals surface area contributed by atoms with Gasteiger partial charge in [-0.15, -0.1) is 0 Å². The summed E-state index contributed by atoms with van der Waals surface area (Å²) in [4.78, 5) is 14.1. The van der Waals surface area contributed by atoms with Gasteiger partial charge in [0.2, 0.25) is 0 Å². The summed E-state index contributed by atoms with van der Waals surface area (Å²) < 4.78 is 5.52. The van der Waals surface area contributed by atoms with Crippen molar-refractivity contribution in [2.75, 3.05) is 38.2 Å². The fraction of sp³-hybridized carbons (Fsp3) is 0.409. The van der Waals surface area contributed by atoms with Crippen LogP contribution in [0, 0.1) is 0 Å². The van der Waals surface area contributed by atoms with Gasteiger partial charge in [-0.3, -0.25) is 0 Å². The molecule has 1 heterocycles. The fourth-order valence-electron chi connectivity index (χ4n) is 3.27. The molecule has 1 aliphatic rings. The number of hydrogen-bond acceptors (Lipinski definition) is 3. The van der Waals surface area contributed by atoms with Crippen molar-refractivity contribution in [3.8, 4) is 5.75 Å². The van der Waals surface area contributed by atoms with Gasteiger partial charge in [0.15, 0.2) is 0 Å². The highest BCUT2D eigenvalue weighted by Crippen LogP contribution is 2.25. The lowest BCUT2D eigenvalue weighted by Gasteiger charge is -2.19. The van der Waals surface area contributed by atoms with E-state index in [1.165, 1.54) is 16.8 Å². The van der Waals surface area contributed by atoms with E-state index in [9.17, 15) is 4.79 Å². The number of rotatable bonds is 9. The number of benzene rings is 2. The minimum Gasteiger partial charge on any atom is -0.493 e. The van der Waals surface area contributed by atoms with Gasteiger partial charge < -0.3 is 20.3 Å². The molecule has 0 aliphatic carbocycles. The zero-order chi connectivity index (χ0) is 18.9. The van der Waals surface area contributed by atoms with Gasteiger partial charge in [-0.05, 0) is 48.6 Å². The minimum absolute atomic E-state index is 0.0871. The maximum atomic E-state index is 11.9. The lowest BCUT2D eigenvalue weighted by Crippen LogP contribution is -2.37. The normalized spacial score (nSPS) is 12.2. The van der Waals surface area contributed by atoms with Crippen molar-refractivity contribution in [2.45, 2.75) is 25.7 Å². The lowest BCUT2D eigenvalue weighted by atomic mass is 10.1. The van der Waals surface area contributed by atoms with Crippen molar-refractivity contribution in [1.82, 2.24) is 10.6 Å². The van der Waals surface area contributed by atoms with Crippen molar-refractivity contribution in [3.63, 3.8) is 0 Å². The minimum atomic E-state index is -0.0871. The van der Waals surface area contributed by atoms with Gasteiger partial charge in [0.05, 0.1) is 6.61 Å². The molecule has 0 saturated heterocycles. The van der Waals surface area contributed by atoms with Gasteiger partial charge >= 0.3 is 6.03 Å². The van der Waals surface area contributed by atoms with Gasteiger partial charge in [-0.25, -0.2) is 4.79 Å². The number of unbranched alkanes of at least 4 members (excludes halogenated alkanes) is 1. The molecule has 2 aromatic carbocycles. The van der Waals surface area contributed by atoms with Crippen molar-refractivity contribution < 1.29 is 9.53 Å². The van der Waals surface area contributed by atoms with E-state index in [2.05, 4.69) is 46.8 Å². The zero-order valence-corrected chi connectivity index (χ0v) is 16.0. The van der Waals surface area contributed by atoms with E-state index in [1.54, 1.807) is 0 Å². The van der Waals surface area contributed by atoms with Gasteiger partial charge in [0.25, 0.3) is 0 Å². The van der Waals surface area contributed by atoms with Crippen LogP contribution in [0.25, 0.3) is 0 Å². The second kappa shape index (κ2) is 9.86. The van der Waals surface area contributed by atoms with Gasteiger partial charge in [-0.1, -0.05) is 30.3 Å². The SMILES string of the molecule is CN(CCCCNC(=O)NCCc1ccc2c(c1)CCO2)c1ccccc1. The highest BCUT2D eigenvalue weighted by Gasteiger charge is 2.11. The highest BCUT2D eigenvalue weighted by atomic mass is 16.5. The Kier molecular flexibility index (Phi) is 6.97. The molecule has 2 amide bonds. The van der Waals surface area contributed by atoms with Crippen LogP contribution >= 0.6 is 0 Å². The fourth-order valence-corrected chi connectivity index (χ4v) is 3.27. The summed E-state index contributed by atoms with van der Waals surface area (Å²) in [7, 11) is 2.10. The number of carbonyl (C=O) groups excluding carboxylic acids is 1. The van der Waals surface area contributed by atoms with Crippen molar-refractivity contribution in [2.24, 2.45) is 0 Å². The maximum Gasteiger partial charge on any atom is 0.314 e. The maximum absolute atomic E-state index is 11.9. The number of anilines is 1. The Morgan fingerprint density at radius 3 is 2.74 bits per heavy atom. The third-order valence-corrected chi connectivity index (χ3v) is 4.86. The summed E-state index contributed by atoms with van der Waals surface area (Å²) in [5.74, 6) is 1.00. The second-order valence-electron chi connectivity index (χ2n) is 6.94. The molecule has 0 unspecified atom stereocenters. The lowest BCUT2D eigenvalue weighted by molar-refractivity contribution is 0.241. The van der Waals surface area contributed by atoms with Crippen LogP contribution in [0.1, 0.15) is 24.0 Å². The number of nitrogens with one attached hydrogen (secondary N) is 2. The van der Waals surface area contributed by atoms with Crippen LogP contribution in [-0.2, 0) is 12.8 Å².